The van der Waals surface area contributed by atoms with E-state index in [9.17, 15) is 9.59 Å². The molecule has 2 aliphatic heterocycles. The second-order valence-corrected chi connectivity index (χ2v) is 7.92. The van der Waals surface area contributed by atoms with Crippen LogP contribution in [-0.4, -0.2) is 51.8 Å². The first-order chi connectivity index (χ1) is 16.6. The lowest BCUT2D eigenvalue weighted by Crippen LogP contribution is -2.41. The van der Waals surface area contributed by atoms with Gasteiger partial charge in [-0.05, 0) is 18.2 Å². The van der Waals surface area contributed by atoms with Gasteiger partial charge in [0.15, 0.2) is 0 Å². The lowest BCUT2D eigenvalue weighted by atomic mass is 10.1. The van der Waals surface area contributed by atoms with Gasteiger partial charge in [-0.2, -0.15) is 5.10 Å². The molecule has 2 amide bonds. The van der Waals surface area contributed by atoms with E-state index >= 15 is 4.39 Å². The molecular weight excluding hydrogens is 443 g/mol. The molecule has 0 spiro atoms. The minimum Gasteiger partial charge on any atom is -0.437 e. The quantitative estimate of drug-likeness (QED) is 0.553. The first-order valence-electron chi connectivity index (χ1n) is 10.7. The maximum atomic E-state index is 15.2. The molecule has 2 aromatic carbocycles. The van der Waals surface area contributed by atoms with Crippen LogP contribution in [0.15, 0.2) is 54.7 Å². The molecule has 1 aromatic heterocycles. The van der Waals surface area contributed by atoms with Crippen LogP contribution in [0, 0.1) is 5.82 Å². The molecule has 174 valence electrons. The Labute approximate surface area is 194 Å². The van der Waals surface area contributed by atoms with Crippen molar-refractivity contribution in [3.8, 4) is 17.4 Å². The van der Waals surface area contributed by atoms with Crippen molar-refractivity contribution < 1.29 is 28.2 Å². The van der Waals surface area contributed by atoms with Crippen molar-refractivity contribution in [2.24, 2.45) is 0 Å². The van der Waals surface area contributed by atoms with Gasteiger partial charge in [0.2, 0.25) is 11.8 Å². The van der Waals surface area contributed by atoms with E-state index in [4.69, 9.17) is 14.2 Å². The number of amides is 2. The minimum atomic E-state index is -0.586. The lowest BCUT2D eigenvalue weighted by molar-refractivity contribution is -0.143. The van der Waals surface area contributed by atoms with Crippen molar-refractivity contribution in [2.75, 3.05) is 19.8 Å². The molecule has 9 nitrogen and oxygen atoms in total. The summed E-state index contributed by atoms with van der Waals surface area (Å²) >= 11 is 0. The second-order valence-electron chi connectivity index (χ2n) is 7.92. The summed E-state index contributed by atoms with van der Waals surface area (Å²) in [5.41, 5.74) is 1.51. The number of ether oxygens (including phenoxy) is 3. The standard InChI is InChI=1S/C24H21FN4O5/c25-23-17(13-28-9-10-32-15-22(28)30)3-1-4-18(23)14-29-12-16-6-7-19(11-20(16)34-24(29)31)33-21-5-2-8-26-27-21/h1-8,11H,9-10,12-15H2. The summed E-state index contributed by atoms with van der Waals surface area (Å²) in [7, 11) is 0. The van der Waals surface area contributed by atoms with Gasteiger partial charge in [-0.25, -0.2) is 9.18 Å². The van der Waals surface area contributed by atoms with Crippen LogP contribution in [0.4, 0.5) is 9.18 Å². The second kappa shape index (κ2) is 9.44. The fourth-order valence-corrected chi connectivity index (χ4v) is 3.84. The molecule has 0 bridgehead atoms. The van der Waals surface area contributed by atoms with Crippen LogP contribution in [0.25, 0.3) is 0 Å². The third kappa shape index (κ3) is 4.67. The van der Waals surface area contributed by atoms with Crippen LogP contribution >= 0.6 is 0 Å². The number of hydrogen-bond donors (Lipinski definition) is 0. The molecule has 10 heteroatoms. The number of fused-ring (bicyclic) bond motifs is 1. The Morgan fingerprint density at radius 3 is 2.62 bits per heavy atom. The van der Waals surface area contributed by atoms with Crippen LogP contribution in [0.1, 0.15) is 16.7 Å². The molecular formula is C24H21FN4O5. The number of hydrogen-bond acceptors (Lipinski definition) is 7. The van der Waals surface area contributed by atoms with Crippen molar-refractivity contribution in [1.29, 1.82) is 0 Å². The molecule has 34 heavy (non-hydrogen) atoms. The largest absolute Gasteiger partial charge is 0.437 e. The third-order valence-corrected chi connectivity index (χ3v) is 5.59. The van der Waals surface area contributed by atoms with Crippen molar-refractivity contribution in [3.05, 3.63) is 77.2 Å². The topological polar surface area (TPSA) is 94.1 Å². The van der Waals surface area contributed by atoms with E-state index in [0.717, 1.165) is 5.56 Å². The van der Waals surface area contributed by atoms with E-state index in [1.54, 1.807) is 53.4 Å². The molecule has 2 aliphatic rings. The number of carbonyl (C=O) groups is 2. The zero-order valence-corrected chi connectivity index (χ0v) is 18.1. The van der Waals surface area contributed by atoms with Crippen LogP contribution in [0.2, 0.25) is 0 Å². The molecule has 3 heterocycles. The number of nitrogens with zero attached hydrogens (tertiary/aromatic N) is 4. The normalized spacial score (nSPS) is 15.7. The molecule has 1 fully saturated rings. The molecule has 3 aromatic rings. The number of carbonyl (C=O) groups excluding carboxylic acids is 2. The van der Waals surface area contributed by atoms with Gasteiger partial charge in [-0.3, -0.25) is 9.69 Å². The van der Waals surface area contributed by atoms with E-state index in [1.807, 2.05) is 0 Å². The average Bonchev–Trinajstić information content (AvgIpc) is 2.84. The molecule has 0 atom stereocenters. The Kier molecular flexibility index (Phi) is 6.05. The zero-order chi connectivity index (χ0) is 23.5. The molecule has 0 saturated carbocycles. The van der Waals surface area contributed by atoms with Crippen LogP contribution in [0.3, 0.4) is 0 Å². The predicted molar refractivity (Wildman–Crippen MR) is 116 cm³/mol. The highest BCUT2D eigenvalue weighted by atomic mass is 19.1. The van der Waals surface area contributed by atoms with E-state index in [0.29, 0.717) is 41.7 Å². The van der Waals surface area contributed by atoms with E-state index in [1.165, 1.54) is 11.1 Å². The Bertz CT molecular complexity index is 1220. The van der Waals surface area contributed by atoms with Crippen molar-refractivity contribution in [3.63, 3.8) is 0 Å². The summed E-state index contributed by atoms with van der Waals surface area (Å²) in [6.45, 7) is 1.30. The van der Waals surface area contributed by atoms with E-state index in [-0.39, 0.29) is 32.1 Å². The van der Waals surface area contributed by atoms with E-state index in [2.05, 4.69) is 10.2 Å². The summed E-state index contributed by atoms with van der Waals surface area (Å²) in [6.07, 6.45) is 0.953. The minimum absolute atomic E-state index is 0.00579. The van der Waals surface area contributed by atoms with Gasteiger partial charge in [-0.15, -0.1) is 5.10 Å². The first-order valence-corrected chi connectivity index (χ1v) is 10.7. The Morgan fingerprint density at radius 1 is 1.03 bits per heavy atom. The van der Waals surface area contributed by atoms with Gasteiger partial charge in [0.25, 0.3) is 0 Å². The molecule has 0 N–H and O–H groups in total. The maximum absolute atomic E-state index is 15.2. The highest BCUT2D eigenvalue weighted by molar-refractivity contribution is 5.78. The summed E-state index contributed by atoms with van der Waals surface area (Å²) in [4.78, 5) is 27.6. The summed E-state index contributed by atoms with van der Waals surface area (Å²) in [5.74, 6) is 0.544. The summed E-state index contributed by atoms with van der Waals surface area (Å²) < 4.78 is 31.5. The maximum Gasteiger partial charge on any atom is 0.415 e. The third-order valence-electron chi connectivity index (χ3n) is 5.59. The predicted octanol–water partition coefficient (Wildman–Crippen LogP) is 3.28. The Hall–Kier alpha value is -4.05. The van der Waals surface area contributed by atoms with Gasteiger partial charge in [0.1, 0.15) is 23.9 Å². The number of morpholine rings is 1. The molecule has 0 aliphatic carbocycles. The zero-order valence-electron chi connectivity index (χ0n) is 18.1. The van der Waals surface area contributed by atoms with Crippen LogP contribution in [-0.2, 0) is 29.2 Å². The molecule has 5 rings (SSSR count). The van der Waals surface area contributed by atoms with Gasteiger partial charge in [0, 0.05) is 48.1 Å². The number of aromatic nitrogens is 2. The van der Waals surface area contributed by atoms with Gasteiger partial charge in [-0.1, -0.05) is 18.2 Å². The van der Waals surface area contributed by atoms with Crippen molar-refractivity contribution in [1.82, 2.24) is 20.0 Å². The molecule has 1 saturated heterocycles. The van der Waals surface area contributed by atoms with Crippen LogP contribution in [0.5, 0.6) is 17.4 Å². The van der Waals surface area contributed by atoms with E-state index < -0.39 is 11.9 Å². The highest BCUT2D eigenvalue weighted by Crippen LogP contribution is 2.32. The Morgan fingerprint density at radius 2 is 1.85 bits per heavy atom. The SMILES string of the molecule is O=C1COCCN1Cc1cccc(CN2Cc3ccc(Oc4cccnn4)cc3OC2=O)c1F. The number of benzene rings is 2. The molecule has 0 radical (unpaired) electrons. The van der Waals surface area contributed by atoms with Gasteiger partial charge < -0.3 is 19.1 Å². The fraction of sp³-hybridized carbons (Fsp3) is 0.250. The number of rotatable bonds is 6. The van der Waals surface area contributed by atoms with Crippen LogP contribution < -0.4 is 9.47 Å². The first kappa shape index (κ1) is 21.8. The van der Waals surface area contributed by atoms with Crippen molar-refractivity contribution in [2.45, 2.75) is 19.6 Å². The molecule has 0 unspecified atom stereocenters. The highest BCUT2D eigenvalue weighted by Gasteiger charge is 2.27. The Balaban J connectivity index is 1.29. The fourth-order valence-electron chi connectivity index (χ4n) is 3.84. The smallest absolute Gasteiger partial charge is 0.415 e. The summed E-state index contributed by atoms with van der Waals surface area (Å²) in [5, 5.41) is 7.62. The number of halogens is 1. The lowest BCUT2D eigenvalue weighted by Gasteiger charge is -2.29. The van der Waals surface area contributed by atoms with Gasteiger partial charge in [0.05, 0.1) is 19.7 Å². The monoisotopic (exact) mass is 464 g/mol. The van der Waals surface area contributed by atoms with Gasteiger partial charge >= 0.3 is 6.09 Å². The average molecular weight is 464 g/mol. The van der Waals surface area contributed by atoms with Crippen molar-refractivity contribution >= 4 is 12.0 Å². The summed E-state index contributed by atoms with van der Waals surface area (Å²) in [6, 6.07) is 13.5.